The summed E-state index contributed by atoms with van der Waals surface area (Å²) >= 11 is 0. The van der Waals surface area contributed by atoms with Gasteiger partial charge in [-0.1, -0.05) is 358 Å². The van der Waals surface area contributed by atoms with Crippen LogP contribution >= 0.6 is 0 Å². The van der Waals surface area contributed by atoms with Crippen molar-refractivity contribution in [2.45, 2.75) is 0 Å². The molecule has 116 heavy (non-hydrogen) atoms. The van der Waals surface area contributed by atoms with E-state index in [9.17, 15) is 0 Å². The average Bonchev–Trinajstić information content (AvgIpc) is 0.749. The van der Waals surface area contributed by atoms with Crippen LogP contribution in [0, 0.1) is 0 Å². The first-order valence-corrected chi connectivity index (χ1v) is 39.3. The summed E-state index contributed by atoms with van der Waals surface area (Å²) in [6.07, 6.45) is 5.82. The van der Waals surface area contributed by atoms with E-state index in [0.717, 1.165) is 111 Å². The van der Waals surface area contributed by atoms with E-state index >= 15 is 0 Å². The van der Waals surface area contributed by atoms with Gasteiger partial charge in [0, 0.05) is 73.9 Å². The monoisotopic (exact) mass is 1470 g/mol. The third-order valence-corrected chi connectivity index (χ3v) is 22.7. The molecule has 22 rings (SSSR count). The summed E-state index contributed by atoms with van der Waals surface area (Å²) in [5, 5.41) is 18.3. The van der Waals surface area contributed by atoms with Crippen molar-refractivity contribution < 1.29 is 0 Å². The molecule has 0 spiro atoms. The Labute approximate surface area is 671 Å². The van der Waals surface area contributed by atoms with E-state index in [4.69, 9.17) is 24.9 Å². The van der Waals surface area contributed by atoms with Gasteiger partial charge < -0.3 is 0 Å². The van der Waals surface area contributed by atoms with E-state index in [1.54, 1.807) is 0 Å². The number of aromatic nitrogens is 6. The summed E-state index contributed by atoms with van der Waals surface area (Å²) in [4.78, 5) is 30.2. The van der Waals surface area contributed by atoms with Gasteiger partial charge in [0.15, 0.2) is 11.6 Å². The summed E-state index contributed by atoms with van der Waals surface area (Å²) in [6, 6.07) is 145. The SMILES string of the molecule is c1cc(-c2cc(-c3ccc(-c4cncc5ccccc45)cc3)nc(-c3ccc(-c4ccc5ccccc5c4)cc3)n2)cc(-c2cc3ccccc3c3ccccc23)c1.c1ccc2ncc(-c3ccc(-c4cc(-c5ccc(-c6cccc7ccccc67)cc5)nc(-c5ccc(-c6cc7ccccc7c7ccccc67)cc5)n4)cc3)cc2c1. The molecule has 0 aliphatic carbocycles. The van der Waals surface area contributed by atoms with Crippen LogP contribution in [-0.2, 0) is 0 Å². The molecule has 0 aliphatic rings. The van der Waals surface area contributed by atoms with Gasteiger partial charge in [0.05, 0.1) is 28.3 Å². The minimum absolute atomic E-state index is 0.682. The van der Waals surface area contributed by atoms with E-state index < -0.39 is 0 Å². The molecule has 0 fully saturated rings. The summed E-state index contributed by atoms with van der Waals surface area (Å²) < 4.78 is 0. The molecule has 4 heterocycles. The number of rotatable bonds is 12. The molecule has 0 amide bonds. The quantitative estimate of drug-likeness (QED) is 0.113. The third kappa shape index (κ3) is 13.2. The number of fused-ring (bicyclic) bond motifs is 10. The molecule has 0 saturated carbocycles. The number of benzene rings is 18. The molecular formula is C110H70N6. The molecule has 0 radical (unpaired) electrons. The predicted molar refractivity (Wildman–Crippen MR) is 485 cm³/mol. The van der Waals surface area contributed by atoms with Crippen molar-refractivity contribution in [3.63, 3.8) is 0 Å². The first kappa shape index (κ1) is 68.5. The van der Waals surface area contributed by atoms with Crippen LogP contribution in [0.5, 0.6) is 0 Å². The number of nitrogens with zero attached hydrogens (tertiary/aromatic N) is 6. The molecule has 0 bridgehead atoms. The van der Waals surface area contributed by atoms with Crippen LogP contribution in [0.4, 0.5) is 0 Å². The predicted octanol–water partition coefficient (Wildman–Crippen LogP) is 29.0. The Balaban J connectivity index is 0.000000145. The zero-order valence-corrected chi connectivity index (χ0v) is 63.1. The maximum absolute atomic E-state index is 5.27. The van der Waals surface area contributed by atoms with E-state index in [1.807, 2.05) is 30.7 Å². The molecular weight excluding hydrogens is 1410 g/mol. The van der Waals surface area contributed by atoms with Crippen molar-refractivity contribution in [3.8, 4) is 135 Å². The number of hydrogen-bond acceptors (Lipinski definition) is 6. The highest BCUT2D eigenvalue weighted by Crippen LogP contribution is 2.42. The Kier molecular flexibility index (Phi) is 17.5. The lowest BCUT2D eigenvalue weighted by Crippen LogP contribution is -1.96. The van der Waals surface area contributed by atoms with Crippen molar-refractivity contribution in [2.24, 2.45) is 0 Å². The number of pyridine rings is 2. The number of para-hydroxylation sites is 1. The highest BCUT2D eigenvalue weighted by atomic mass is 14.9. The molecule has 4 aromatic heterocycles. The summed E-state index contributed by atoms with van der Waals surface area (Å²) in [6.45, 7) is 0. The van der Waals surface area contributed by atoms with Crippen molar-refractivity contribution >= 4 is 86.3 Å². The average molecular weight is 1480 g/mol. The Morgan fingerprint density at radius 2 is 0.517 bits per heavy atom. The summed E-state index contributed by atoms with van der Waals surface area (Å²) in [5.74, 6) is 1.37. The fourth-order valence-corrected chi connectivity index (χ4v) is 16.7. The standard InChI is InChI=1S/2C55H35N3/c1-4-14-46-37(10-1)13-9-18-47(46)38-22-28-41(29-23-38)54-34-53(40-26-20-36(21-27-40)45-32-44-12-3-8-19-52(44)56-35-45)57-55(58-54)42-30-24-39(25-31-42)51-33-43-11-2-5-15-48(43)49-16-6-7-17-50(49)51;1-2-11-41-30-42(29-22-36(41)10-1)37-20-27-40(28-21-37)55-57-53(39-25-23-38(24-26-39)52-35-56-34-46-13-4-6-17-48(46)52)33-54(58-55)45-15-9-14-43(31-45)51-32-44-12-3-5-16-47(44)49-18-7-8-19-50(49)51/h2*1-35H. The van der Waals surface area contributed by atoms with Crippen LogP contribution in [0.3, 0.4) is 0 Å². The van der Waals surface area contributed by atoms with Crippen LogP contribution in [0.1, 0.15) is 0 Å². The van der Waals surface area contributed by atoms with Crippen molar-refractivity contribution in [2.75, 3.05) is 0 Å². The number of hydrogen-bond donors (Lipinski definition) is 0. The molecule has 22 aromatic rings. The van der Waals surface area contributed by atoms with Crippen LogP contribution < -0.4 is 0 Å². The van der Waals surface area contributed by atoms with Gasteiger partial charge in [-0.05, 0) is 174 Å². The summed E-state index contributed by atoms with van der Waals surface area (Å²) in [7, 11) is 0. The highest BCUT2D eigenvalue weighted by molar-refractivity contribution is 6.15. The van der Waals surface area contributed by atoms with Crippen LogP contribution in [-0.4, -0.2) is 29.9 Å². The van der Waals surface area contributed by atoms with Gasteiger partial charge in [0.2, 0.25) is 0 Å². The second-order valence-electron chi connectivity index (χ2n) is 29.7. The lowest BCUT2D eigenvalue weighted by molar-refractivity contribution is 1.18. The van der Waals surface area contributed by atoms with Gasteiger partial charge in [0.25, 0.3) is 0 Å². The minimum Gasteiger partial charge on any atom is -0.263 e. The normalized spacial score (nSPS) is 11.4. The zero-order valence-electron chi connectivity index (χ0n) is 63.1. The Morgan fingerprint density at radius 1 is 0.147 bits per heavy atom. The fraction of sp³-hybridized carbons (Fsp3) is 0. The van der Waals surface area contributed by atoms with E-state index in [0.29, 0.717) is 11.6 Å². The smallest absolute Gasteiger partial charge is 0.160 e. The molecule has 6 heteroatoms. The van der Waals surface area contributed by atoms with Gasteiger partial charge in [-0.3, -0.25) is 9.97 Å². The zero-order chi connectivity index (χ0) is 76.8. The highest BCUT2D eigenvalue weighted by Gasteiger charge is 2.19. The second kappa shape index (κ2) is 29.6. The Morgan fingerprint density at radius 3 is 1.09 bits per heavy atom. The summed E-state index contributed by atoms with van der Waals surface area (Å²) in [5.41, 5.74) is 24.4. The maximum Gasteiger partial charge on any atom is 0.160 e. The van der Waals surface area contributed by atoms with Gasteiger partial charge >= 0.3 is 0 Å². The first-order valence-electron chi connectivity index (χ1n) is 39.3. The van der Waals surface area contributed by atoms with Gasteiger partial charge in [0.1, 0.15) is 0 Å². The lowest BCUT2D eigenvalue weighted by Gasteiger charge is -2.13. The van der Waals surface area contributed by atoms with Gasteiger partial charge in [-0.2, -0.15) is 0 Å². The van der Waals surface area contributed by atoms with Crippen LogP contribution in [0.25, 0.3) is 221 Å². The topological polar surface area (TPSA) is 77.3 Å². The Hall–Kier alpha value is -15.5. The molecule has 0 aliphatic heterocycles. The van der Waals surface area contributed by atoms with Gasteiger partial charge in [-0.25, -0.2) is 19.9 Å². The maximum atomic E-state index is 5.27. The second-order valence-corrected chi connectivity index (χ2v) is 29.7. The molecule has 0 atom stereocenters. The van der Waals surface area contributed by atoms with Crippen molar-refractivity contribution in [1.29, 1.82) is 0 Å². The molecule has 540 valence electrons. The van der Waals surface area contributed by atoms with Crippen molar-refractivity contribution in [1.82, 2.24) is 29.9 Å². The van der Waals surface area contributed by atoms with Crippen LogP contribution in [0.15, 0.2) is 425 Å². The molecule has 18 aromatic carbocycles. The molecule has 6 nitrogen and oxygen atoms in total. The van der Waals surface area contributed by atoms with Gasteiger partial charge in [-0.15, -0.1) is 0 Å². The van der Waals surface area contributed by atoms with Crippen molar-refractivity contribution in [3.05, 3.63) is 425 Å². The fourth-order valence-electron chi connectivity index (χ4n) is 16.7. The first-order chi connectivity index (χ1) is 57.4. The van der Waals surface area contributed by atoms with E-state index in [2.05, 4.69) is 399 Å². The molecule has 0 unspecified atom stereocenters. The van der Waals surface area contributed by atoms with E-state index in [-0.39, 0.29) is 0 Å². The lowest BCUT2D eigenvalue weighted by atomic mass is 9.92. The minimum atomic E-state index is 0.682. The van der Waals surface area contributed by atoms with Crippen LogP contribution in [0.2, 0.25) is 0 Å². The largest absolute Gasteiger partial charge is 0.263 e. The van der Waals surface area contributed by atoms with E-state index in [1.165, 1.54) is 97.8 Å². The molecule has 0 N–H and O–H groups in total. The third-order valence-electron chi connectivity index (χ3n) is 22.7. The molecule has 0 saturated heterocycles. The Bertz CT molecular complexity index is 7530.